The fraction of sp³-hybridized carbons (Fsp3) is 0.267. The van der Waals surface area contributed by atoms with Gasteiger partial charge in [0.2, 0.25) is 0 Å². The van der Waals surface area contributed by atoms with E-state index in [-0.39, 0.29) is 18.6 Å². The Bertz CT molecular complexity index is 664. The Kier molecular flexibility index (Phi) is 4.77. The molecule has 22 heavy (non-hydrogen) atoms. The largest absolute Gasteiger partial charge is 0.482 e. The zero-order valence-electron chi connectivity index (χ0n) is 12.3. The normalized spacial score (nSPS) is 11.7. The van der Waals surface area contributed by atoms with Crippen molar-refractivity contribution < 1.29 is 19.4 Å². The molecule has 7 heteroatoms. The van der Waals surface area contributed by atoms with Gasteiger partial charge in [-0.15, -0.1) is 0 Å². The summed E-state index contributed by atoms with van der Waals surface area (Å²) in [5.74, 6) is -0.759. The highest BCUT2D eigenvalue weighted by Crippen LogP contribution is 2.18. The lowest BCUT2D eigenvalue weighted by Gasteiger charge is -2.14. The topological polar surface area (TPSA) is 93.5 Å². The van der Waals surface area contributed by atoms with Gasteiger partial charge in [0.05, 0.1) is 17.8 Å². The van der Waals surface area contributed by atoms with Crippen molar-refractivity contribution in [2.45, 2.75) is 13.0 Å². The third-order valence-electron chi connectivity index (χ3n) is 3.06. The number of ether oxygens (including phenoxy) is 1. The third kappa shape index (κ3) is 4.08. The number of rotatable bonds is 6. The van der Waals surface area contributed by atoms with Crippen molar-refractivity contribution in [3.05, 3.63) is 47.8 Å². The second kappa shape index (κ2) is 6.75. The molecule has 0 aliphatic heterocycles. The van der Waals surface area contributed by atoms with E-state index in [1.54, 1.807) is 42.2 Å². The molecule has 2 N–H and O–H groups in total. The lowest BCUT2D eigenvalue weighted by atomic mass is 10.1. The van der Waals surface area contributed by atoms with Gasteiger partial charge in [0.1, 0.15) is 5.75 Å². The first kappa shape index (κ1) is 15.6. The van der Waals surface area contributed by atoms with Crippen LogP contribution in [0.1, 0.15) is 28.9 Å². The van der Waals surface area contributed by atoms with E-state index in [1.807, 2.05) is 6.92 Å². The summed E-state index contributed by atoms with van der Waals surface area (Å²) in [6.45, 7) is 1.48. The van der Waals surface area contributed by atoms with E-state index in [9.17, 15) is 9.59 Å². The molecule has 0 saturated carbocycles. The van der Waals surface area contributed by atoms with E-state index >= 15 is 0 Å². The second-order valence-corrected chi connectivity index (χ2v) is 4.85. The van der Waals surface area contributed by atoms with E-state index in [0.717, 1.165) is 5.56 Å². The van der Waals surface area contributed by atoms with Crippen molar-refractivity contribution in [1.29, 1.82) is 0 Å². The van der Waals surface area contributed by atoms with Gasteiger partial charge in [-0.05, 0) is 24.6 Å². The first-order chi connectivity index (χ1) is 10.5. The Labute approximate surface area is 127 Å². The van der Waals surface area contributed by atoms with Gasteiger partial charge in [0.15, 0.2) is 6.61 Å². The van der Waals surface area contributed by atoms with Gasteiger partial charge in [-0.2, -0.15) is 5.10 Å². The van der Waals surface area contributed by atoms with Crippen LogP contribution in [0, 0.1) is 0 Å². The molecule has 1 amide bonds. The minimum absolute atomic E-state index is 0.193. The summed E-state index contributed by atoms with van der Waals surface area (Å²) in [5, 5.41) is 15.4. The van der Waals surface area contributed by atoms with Crippen LogP contribution >= 0.6 is 0 Å². The highest BCUT2D eigenvalue weighted by molar-refractivity contribution is 5.93. The zero-order valence-corrected chi connectivity index (χ0v) is 12.3. The molecule has 1 unspecified atom stereocenters. The summed E-state index contributed by atoms with van der Waals surface area (Å²) in [7, 11) is 1.75. The average Bonchev–Trinajstić information content (AvgIpc) is 2.92. The molecule has 7 nitrogen and oxygen atoms in total. The number of aromatic nitrogens is 2. The van der Waals surface area contributed by atoms with Crippen molar-refractivity contribution in [1.82, 2.24) is 15.1 Å². The molecule has 0 radical (unpaired) electrons. The van der Waals surface area contributed by atoms with E-state index in [4.69, 9.17) is 9.84 Å². The van der Waals surface area contributed by atoms with Crippen LogP contribution in [0.3, 0.4) is 0 Å². The lowest BCUT2D eigenvalue weighted by Crippen LogP contribution is -2.26. The van der Waals surface area contributed by atoms with Crippen LogP contribution in [0.25, 0.3) is 0 Å². The van der Waals surface area contributed by atoms with Gasteiger partial charge in [0.25, 0.3) is 5.91 Å². The number of carbonyl (C=O) groups is 2. The number of carboxylic acids is 1. The van der Waals surface area contributed by atoms with Crippen molar-refractivity contribution in [3.63, 3.8) is 0 Å². The molecule has 0 spiro atoms. The fourth-order valence-electron chi connectivity index (χ4n) is 1.90. The Balaban J connectivity index is 1.96. The number of carbonyl (C=O) groups excluding carboxylic acids is 1. The van der Waals surface area contributed by atoms with Crippen molar-refractivity contribution >= 4 is 11.9 Å². The Morgan fingerprint density at radius 2 is 2.05 bits per heavy atom. The van der Waals surface area contributed by atoms with Gasteiger partial charge in [-0.3, -0.25) is 9.48 Å². The van der Waals surface area contributed by atoms with E-state index in [2.05, 4.69) is 10.4 Å². The van der Waals surface area contributed by atoms with Crippen LogP contribution in [0.5, 0.6) is 5.75 Å². The number of aryl methyl sites for hydroxylation is 1. The first-order valence-electron chi connectivity index (χ1n) is 6.70. The molecule has 0 bridgehead atoms. The first-order valence-corrected chi connectivity index (χ1v) is 6.70. The molecule has 1 heterocycles. The minimum atomic E-state index is -1.03. The highest BCUT2D eigenvalue weighted by atomic mass is 16.5. The minimum Gasteiger partial charge on any atom is -0.482 e. The quantitative estimate of drug-likeness (QED) is 0.840. The van der Waals surface area contributed by atoms with Gasteiger partial charge in [0, 0.05) is 13.2 Å². The van der Waals surface area contributed by atoms with Gasteiger partial charge in [-0.1, -0.05) is 12.1 Å². The summed E-state index contributed by atoms with van der Waals surface area (Å²) in [6.07, 6.45) is 3.15. The number of nitrogens with zero attached hydrogens (tertiary/aromatic N) is 2. The smallest absolute Gasteiger partial charge is 0.341 e. The van der Waals surface area contributed by atoms with Crippen LogP contribution in [0.4, 0.5) is 0 Å². The molecule has 1 atom stereocenters. The van der Waals surface area contributed by atoms with Crippen LogP contribution in [-0.4, -0.2) is 33.4 Å². The number of benzene rings is 1. The Morgan fingerprint density at radius 1 is 1.36 bits per heavy atom. The number of aliphatic carboxylic acids is 1. The Morgan fingerprint density at radius 3 is 2.59 bits per heavy atom. The summed E-state index contributed by atoms with van der Waals surface area (Å²) < 4.78 is 6.62. The number of amides is 1. The molecule has 0 saturated heterocycles. The monoisotopic (exact) mass is 303 g/mol. The van der Waals surface area contributed by atoms with E-state index in [1.165, 1.54) is 6.20 Å². The average molecular weight is 303 g/mol. The number of nitrogens with one attached hydrogen (secondary N) is 1. The molecule has 116 valence electrons. The lowest BCUT2D eigenvalue weighted by molar-refractivity contribution is -0.139. The number of hydrogen-bond donors (Lipinski definition) is 2. The molecule has 1 aromatic carbocycles. The van der Waals surface area contributed by atoms with Gasteiger partial charge in [-0.25, -0.2) is 4.79 Å². The predicted molar refractivity (Wildman–Crippen MR) is 78.7 cm³/mol. The zero-order chi connectivity index (χ0) is 16.1. The standard InChI is InChI=1S/C15H17N3O4/c1-10(17-15(21)12-7-16-18(2)8-12)11-3-5-13(6-4-11)22-9-14(19)20/h3-8,10H,9H2,1-2H3,(H,17,21)(H,19,20). The van der Waals surface area contributed by atoms with E-state index < -0.39 is 5.97 Å². The van der Waals surface area contributed by atoms with Crippen LogP contribution < -0.4 is 10.1 Å². The maximum atomic E-state index is 12.0. The van der Waals surface area contributed by atoms with Crippen molar-refractivity contribution in [2.24, 2.45) is 7.05 Å². The molecular weight excluding hydrogens is 286 g/mol. The van der Waals surface area contributed by atoms with Gasteiger partial charge >= 0.3 is 5.97 Å². The summed E-state index contributed by atoms with van der Waals surface area (Å²) in [5.41, 5.74) is 1.38. The number of carboxylic acid groups (broad SMARTS) is 1. The molecule has 1 aromatic heterocycles. The maximum absolute atomic E-state index is 12.0. The predicted octanol–water partition coefficient (Wildman–Crippen LogP) is 1.37. The van der Waals surface area contributed by atoms with Crippen molar-refractivity contribution in [3.8, 4) is 5.75 Å². The summed E-state index contributed by atoms with van der Waals surface area (Å²) >= 11 is 0. The molecule has 2 aromatic rings. The van der Waals surface area contributed by atoms with Crippen molar-refractivity contribution in [2.75, 3.05) is 6.61 Å². The highest BCUT2D eigenvalue weighted by Gasteiger charge is 2.13. The van der Waals surface area contributed by atoms with Crippen LogP contribution in [-0.2, 0) is 11.8 Å². The number of hydrogen-bond acceptors (Lipinski definition) is 4. The van der Waals surface area contributed by atoms with Gasteiger partial charge < -0.3 is 15.2 Å². The van der Waals surface area contributed by atoms with Crippen LogP contribution in [0.15, 0.2) is 36.7 Å². The third-order valence-corrected chi connectivity index (χ3v) is 3.06. The fourth-order valence-corrected chi connectivity index (χ4v) is 1.90. The molecular formula is C15H17N3O4. The van der Waals surface area contributed by atoms with E-state index in [0.29, 0.717) is 11.3 Å². The Hall–Kier alpha value is -2.83. The molecule has 0 aliphatic carbocycles. The molecule has 0 fully saturated rings. The summed E-state index contributed by atoms with van der Waals surface area (Å²) in [4.78, 5) is 22.5. The molecule has 2 rings (SSSR count). The second-order valence-electron chi connectivity index (χ2n) is 4.85. The SMILES string of the molecule is CC(NC(=O)c1cnn(C)c1)c1ccc(OCC(=O)O)cc1. The molecule has 0 aliphatic rings. The summed E-state index contributed by atoms with van der Waals surface area (Å²) in [6, 6.07) is 6.72. The van der Waals surface area contributed by atoms with Crippen LogP contribution in [0.2, 0.25) is 0 Å². The maximum Gasteiger partial charge on any atom is 0.341 e.